The summed E-state index contributed by atoms with van der Waals surface area (Å²) in [7, 11) is 0. The van der Waals surface area contributed by atoms with Gasteiger partial charge in [-0.3, -0.25) is 0 Å². The first-order valence-corrected chi connectivity index (χ1v) is 7.26. The minimum atomic E-state index is -0.275. The zero-order valence-electron chi connectivity index (χ0n) is 11.9. The molecule has 2 rings (SSSR count). The molecule has 1 N–H and O–H groups in total. The van der Waals surface area contributed by atoms with E-state index in [1.165, 1.54) is 31.4 Å². The van der Waals surface area contributed by atoms with Crippen molar-refractivity contribution in [3.63, 3.8) is 0 Å². The van der Waals surface area contributed by atoms with Crippen LogP contribution in [0.5, 0.6) is 0 Å². The van der Waals surface area contributed by atoms with Gasteiger partial charge < -0.3 is 10.0 Å². The van der Waals surface area contributed by atoms with Crippen LogP contribution in [0.1, 0.15) is 38.7 Å². The predicted octanol–water partition coefficient (Wildman–Crippen LogP) is 3.58. The van der Waals surface area contributed by atoms with Crippen LogP contribution in [-0.4, -0.2) is 18.2 Å². The van der Waals surface area contributed by atoms with Gasteiger partial charge in [-0.2, -0.15) is 0 Å². The quantitative estimate of drug-likeness (QED) is 0.903. The summed E-state index contributed by atoms with van der Waals surface area (Å²) in [6, 6.07) is 4.73. The summed E-state index contributed by atoms with van der Waals surface area (Å²) in [5.41, 5.74) is 1.69. The van der Waals surface area contributed by atoms with Crippen molar-refractivity contribution in [2.45, 2.75) is 39.7 Å². The number of aliphatic hydroxyl groups excluding tert-OH is 1. The monoisotopic (exact) mass is 265 g/mol. The maximum atomic E-state index is 13.2. The van der Waals surface area contributed by atoms with E-state index in [-0.39, 0.29) is 12.4 Å². The van der Waals surface area contributed by atoms with Crippen molar-refractivity contribution < 1.29 is 9.50 Å². The number of anilines is 1. The van der Waals surface area contributed by atoms with Crippen LogP contribution in [0.2, 0.25) is 0 Å². The molecule has 0 bridgehead atoms. The zero-order chi connectivity index (χ0) is 13.8. The van der Waals surface area contributed by atoms with E-state index in [1.807, 2.05) is 0 Å². The van der Waals surface area contributed by atoms with E-state index in [1.54, 1.807) is 6.07 Å². The number of benzene rings is 1. The highest BCUT2D eigenvalue weighted by Crippen LogP contribution is 2.29. The molecule has 0 radical (unpaired) electrons. The van der Waals surface area contributed by atoms with Crippen LogP contribution in [0.15, 0.2) is 18.2 Å². The van der Waals surface area contributed by atoms with Gasteiger partial charge in [0.2, 0.25) is 0 Å². The summed E-state index contributed by atoms with van der Waals surface area (Å²) < 4.78 is 13.2. The molecule has 0 aliphatic carbocycles. The standard InChI is InChI=1S/C16H24FNO/c1-12(2)13-4-3-8-18(9-7-13)16-6-5-15(17)10-14(16)11-19/h5-6,10,12-13,19H,3-4,7-9,11H2,1-2H3. The van der Waals surface area contributed by atoms with Crippen molar-refractivity contribution in [3.05, 3.63) is 29.6 Å². The van der Waals surface area contributed by atoms with Crippen LogP contribution in [0.4, 0.5) is 10.1 Å². The molecule has 19 heavy (non-hydrogen) atoms. The number of halogens is 1. The lowest BCUT2D eigenvalue weighted by Crippen LogP contribution is -2.25. The maximum Gasteiger partial charge on any atom is 0.123 e. The van der Waals surface area contributed by atoms with Crippen molar-refractivity contribution in [1.82, 2.24) is 0 Å². The van der Waals surface area contributed by atoms with Crippen LogP contribution in [0, 0.1) is 17.7 Å². The fourth-order valence-electron chi connectivity index (χ4n) is 3.02. The summed E-state index contributed by atoms with van der Waals surface area (Å²) in [6.07, 6.45) is 3.62. The van der Waals surface area contributed by atoms with Crippen LogP contribution in [-0.2, 0) is 6.61 Å². The van der Waals surface area contributed by atoms with E-state index in [9.17, 15) is 9.50 Å². The third-order valence-corrected chi connectivity index (χ3v) is 4.27. The Morgan fingerprint density at radius 3 is 2.79 bits per heavy atom. The van der Waals surface area contributed by atoms with Crippen LogP contribution < -0.4 is 4.90 Å². The molecule has 1 heterocycles. The first-order chi connectivity index (χ1) is 9.11. The van der Waals surface area contributed by atoms with Crippen molar-refractivity contribution in [2.75, 3.05) is 18.0 Å². The Hall–Kier alpha value is -1.09. The molecule has 1 aromatic carbocycles. The fourth-order valence-corrected chi connectivity index (χ4v) is 3.02. The summed E-state index contributed by atoms with van der Waals surface area (Å²) in [6.45, 7) is 6.48. The summed E-state index contributed by atoms with van der Waals surface area (Å²) >= 11 is 0. The van der Waals surface area contributed by atoms with Crippen molar-refractivity contribution in [3.8, 4) is 0 Å². The Balaban J connectivity index is 2.14. The molecule has 106 valence electrons. The molecule has 1 atom stereocenters. The third-order valence-electron chi connectivity index (χ3n) is 4.27. The second kappa shape index (κ2) is 6.38. The largest absolute Gasteiger partial charge is 0.392 e. The Labute approximate surface area is 115 Å². The van der Waals surface area contributed by atoms with Crippen molar-refractivity contribution in [2.24, 2.45) is 11.8 Å². The van der Waals surface area contributed by atoms with Gasteiger partial charge in [-0.1, -0.05) is 13.8 Å². The van der Waals surface area contributed by atoms with Crippen molar-refractivity contribution >= 4 is 5.69 Å². The van der Waals surface area contributed by atoms with E-state index >= 15 is 0 Å². The normalized spacial score (nSPS) is 20.7. The average Bonchev–Trinajstić information content (AvgIpc) is 2.64. The summed E-state index contributed by atoms with van der Waals surface area (Å²) in [4.78, 5) is 2.30. The predicted molar refractivity (Wildman–Crippen MR) is 76.7 cm³/mol. The molecule has 3 heteroatoms. The van der Waals surface area contributed by atoms with Gasteiger partial charge >= 0.3 is 0 Å². The van der Waals surface area contributed by atoms with Crippen LogP contribution in [0.3, 0.4) is 0 Å². The third kappa shape index (κ3) is 3.47. The highest BCUT2D eigenvalue weighted by Gasteiger charge is 2.20. The molecule has 1 aliphatic heterocycles. The lowest BCUT2D eigenvalue weighted by Gasteiger charge is -2.25. The van der Waals surface area contributed by atoms with E-state index in [0.29, 0.717) is 5.56 Å². The zero-order valence-corrected chi connectivity index (χ0v) is 11.9. The van der Waals surface area contributed by atoms with Gasteiger partial charge in [0.15, 0.2) is 0 Å². The smallest absolute Gasteiger partial charge is 0.123 e. The van der Waals surface area contributed by atoms with Gasteiger partial charge in [0.25, 0.3) is 0 Å². The average molecular weight is 265 g/mol. The summed E-state index contributed by atoms with van der Waals surface area (Å²) in [5, 5.41) is 9.39. The Morgan fingerprint density at radius 2 is 2.11 bits per heavy atom. The lowest BCUT2D eigenvalue weighted by atomic mass is 9.89. The Kier molecular flexibility index (Phi) is 4.81. The van der Waals surface area contributed by atoms with Gasteiger partial charge in [-0.25, -0.2) is 4.39 Å². The topological polar surface area (TPSA) is 23.5 Å². The Bertz CT molecular complexity index is 419. The van der Waals surface area contributed by atoms with Crippen LogP contribution in [0.25, 0.3) is 0 Å². The maximum absolute atomic E-state index is 13.2. The first kappa shape index (κ1) is 14.3. The molecule has 1 saturated heterocycles. The second-order valence-corrected chi connectivity index (χ2v) is 5.85. The second-order valence-electron chi connectivity index (χ2n) is 5.85. The van der Waals surface area contributed by atoms with Gasteiger partial charge in [0.05, 0.1) is 6.61 Å². The minimum Gasteiger partial charge on any atom is -0.392 e. The highest BCUT2D eigenvalue weighted by atomic mass is 19.1. The molecule has 0 spiro atoms. The Morgan fingerprint density at radius 1 is 1.32 bits per heavy atom. The molecule has 1 fully saturated rings. The van der Waals surface area contributed by atoms with Gasteiger partial charge in [0.1, 0.15) is 5.82 Å². The molecule has 0 aromatic heterocycles. The van der Waals surface area contributed by atoms with E-state index in [4.69, 9.17) is 0 Å². The molecule has 0 amide bonds. The van der Waals surface area contributed by atoms with E-state index < -0.39 is 0 Å². The minimum absolute atomic E-state index is 0.1000. The number of rotatable bonds is 3. The molecule has 1 unspecified atom stereocenters. The van der Waals surface area contributed by atoms with Crippen LogP contribution >= 0.6 is 0 Å². The molecule has 0 saturated carbocycles. The number of nitrogens with zero attached hydrogens (tertiary/aromatic N) is 1. The molecular weight excluding hydrogens is 241 g/mol. The van der Waals surface area contributed by atoms with Gasteiger partial charge in [-0.15, -0.1) is 0 Å². The number of hydrogen-bond donors (Lipinski definition) is 1. The van der Waals surface area contributed by atoms with Crippen molar-refractivity contribution in [1.29, 1.82) is 0 Å². The molecule has 1 aromatic rings. The summed E-state index contributed by atoms with van der Waals surface area (Å²) in [5.74, 6) is 1.23. The molecule has 1 aliphatic rings. The van der Waals surface area contributed by atoms with E-state index in [2.05, 4.69) is 18.7 Å². The highest BCUT2D eigenvalue weighted by molar-refractivity contribution is 5.53. The van der Waals surface area contributed by atoms with E-state index in [0.717, 1.165) is 30.6 Å². The molecule has 2 nitrogen and oxygen atoms in total. The SMILES string of the molecule is CC(C)C1CCCN(c2ccc(F)cc2CO)CC1. The lowest BCUT2D eigenvalue weighted by molar-refractivity contribution is 0.281. The first-order valence-electron chi connectivity index (χ1n) is 7.26. The number of aliphatic hydroxyl groups is 1. The number of hydrogen-bond acceptors (Lipinski definition) is 2. The fraction of sp³-hybridized carbons (Fsp3) is 0.625. The van der Waals surface area contributed by atoms with Gasteiger partial charge in [0, 0.05) is 24.3 Å². The molecular formula is C16H24FNO. The van der Waals surface area contributed by atoms with Gasteiger partial charge in [-0.05, 0) is 49.3 Å².